The smallest absolute Gasteiger partial charge is 0.336 e. The predicted molar refractivity (Wildman–Crippen MR) is 114 cm³/mol. The van der Waals surface area contributed by atoms with Gasteiger partial charge in [-0.25, -0.2) is 4.79 Å². The summed E-state index contributed by atoms with van der Waals surface area (Å²) in [7, 11) is 0. The maximum atomic E-state index is 12.6. The van der Waals surface area contributed by atoms with Gasteiger partial charge in [-0.1, -0.05) is 0 Å². The van der Waals surface area contributed by atoms with Crippen LogP contribution in [0.4, 0.5) is 0 Å². The van der Waals surface area contributed by atoms with Crippen molar-refractivity contribution in [2.45, 2.75) is 25.8 Å². The van der Waals surface area contributed by atoms with Crippen molar-refractivity contribution in [3.05, 3.63) is 45.3 Å². The lowest BCUT2D eigenvalue weighted by Crippen LogP contribution is -2.52. The molecule has 1 aromatic heterocycles. The van der Waals surface area contributed by atoms with Crippen LogP contribution in [-0.2, 0) is 28.9 Å². The Kier molecular flexibility index (Phi) is 5.58. The van der Waals surface area contributed by atoms with Crippen LogP contribution in [0.3, 0.4) is 0 Å². The predicted octanol–water partition coefficient (Wildman–Crippen LogP) is 1.26. The number of morpholine rings is 1. The van der Waals surface area contributed by atoms with Crippen molar-refractivity contribution < 1.29 is 13.9 Å². The van der Waals surface area contributed by atoms with E-state index in [2.05, 4.69) is 21.9 Å². The van der Waals surface area contributed by atoms with Crippen molar-refractivity contribution >= 4 is 16.9 Å². The zero-order valence-corrected chi connectivity index (χ0v) is 17.4. The van der Waals surface area contributed by atoms with Crippen molar-refractivity contribution in [1.29, 1.82) is 0 Å². The summed E-state index contributed by atoms with van der Waals surface area (Å²) in [6.07, 6.45) is 3.35. The van der Waals surface area contributed by atoms with Gasteiger partial charge in [0.15, 0.2) is 0 Å². The molecule has 160 valence electrons. The van der Waals surface area contributed by atoms with Gasteiger partial charge in [0.25, 0.3) is 0 Å². The standard InChI is InChI=1S/C23H29N3O4/c27-22(16-25-8-10-29-11-9-25)26-6-4-24(5-7-26)15-19-14-23(28)30-21-13-18-3-1-2-17(18)12-20(19)21/h12-14H,1-11,15-16H2. The molecule has 0 unspecified atom stereocenters. The van der Waals surface area contributed by atoms with E-state index in [0.717, 1.165) is 63.1 Å². The summed E-state index contributed by atoms with van der Waals surface area (Å²) < 4.78 is 10.9. The van der Waals surface area contributed by atoms with Gasteiger partial charge >= 0.3 is 5.63 Å². The molecule has 2 aliphatic heterocycles. The minimum Gasteiger partial charge on any atom is -0.423 e. The molecule has 2 saturated heterocycles. The van der Waals surface area contributed by atoms with Gasteiger partial charge in [-0.2, -0.15) is 0 Å². The minimum atomic E-state index is -0.283. The number of hydrogen-bond acceptors (Lipinski definition) is 6. The molecule has 0 radical (unpaired) electrons. The first kappa shape index (κ1) is 19.7. The number of carbonyl (C=O) groups excluding carboxylic acids is 1. The number of benzene rings is 1. The van der Waals surface area contributed by atoms with Gasteiger partial charge in [0.1, 0.15) is 5.58 Å². The molecule has 1 aromatic carbocycles. The maximum absolute atomic E-state index is 12.6. The molecule has 7 nitrogen and oxygen atoms in total. The SMILES string of the molecule is O=C(CN1CCOCC1)N1CCN(Cc2cc(=O)oc3cc4c(cc23)CCC4)CC1. The van der Waals surface area contributed by atoms with Crippen LogP contribution in [0, 0.1) is 0 Å². The molecule has 2 aromatic rings. The molecule has 7 heteroatoms. The zero-order chi connectivity index (χ0) is 20.5. The molecule has 3 aliphatic rings. The van der Waals surface area contributed by atoms with Gasteiger partial charge in [0, 0.05) is 57.3 Å². The highest BCUT2D eigenvalue weighted by atomic mass is 16.5. The van der Waals surface area contributed by atoms with E-state index >= 15 is 0 Å². The van der Waals surface area contributed by atoms with Crippen LogP contribution in [0.5, 0.6) is 0 Å². The van der Waals surface area contributed by atoms with Crippen molar-refractivity contribution in [2.75, 3.05) is 59.0 Å². The summed E-state index contributed by atoms with van der Waals surface area (Å²) in [6, 6.07) is 5.92. The van der Waals surface area contributed by atoms with E-state index in [9.17, 15) is 9.59 Å². The summed E-state index contributed by atoms with van der Waals surface area (Å²) in [5.74, 6) is 0.206. The van der Waals surface area contributed by atoms with Crippen LogP contribution in [0.1, 0.15) is 23.1 Å². The number of piperazine rings is 1. The number of ether oxygens (including phenoxy) is 1. The fourth-order valence-electron chi connectivity index (χ4n) is 4.87. The number of nitrogens with zero attached hydrogens (tertiary/aromatic N) is 3. The number of fused-ring (bicyclic) bond motifs is 2. The molecule has 2 fully saturated rings. The molecule has 1 aliphatic carbocycles. The Morgan fingerprint density at radius 2 is 1.63 bits per heavy atom. The lowest BCUT2D eigenvalue weighted by molar-refractivity contribution is -0.135. The lowest BCUT2D eigenvalue weighted by Gasteiger charge is -2.36. The Morgan fingerprint density at radius 1 is 0.900 bits per heavy atom. The average Bonchev–Trinajstić information content (AvgIpc) is 3.21. The molecule has 3 heterocycles. The molecular formula is C23H29N3O4. The van der Waals surface area contributed by atoms with Gasteiger partial charge in [-0.15, -0.1) is 0 Å². The minimum absolute atomic E-state index is 0.206. The van der Waals surface area contributed by atoms with Crippen LogP contribution in [0.15, 0.2) is 27.4 Å². The third-order valence-corrected chi connectivity index (χ3v) is 6.62. The number of hydrogen-bond donors (Lipinski definition) is 0. The normalized spacial score (nSPS) is 20.6. The molecule has 1 amide bonds. The summed E-state index contributed by atoms with van der Waals surface area (Å²) in [4.78, 5) is 31.2. The Morgan fingerprint density at radius 3 is 2.40 bits per heavy atom. The van der Waals surface area contributed by atoms with E-state index in [1.165, 1.54) is 17.5 Å². The van der Waals surface area contributed by atoms with Crippen molar-refractivity contribution in [1.82, 2.24) is 14.7 Å². The van der Waals surface area contributed by atoms with Gasteiger partial charge < -0.3 is 14.1 Å². The Bertz CT molecular complexity index is 988. The molecule has 5 rings (SSSR count). The van der Waals surface area contributed by atoms with E-state index in [-0.39, 0.29) is 11.5 Å². The quantitative estimate of drug-likeness (QED) is 0.706. The highest BCUT2D eigenvalue weighted by molar-refractivity contribution is 5.82. The van der Waals surface area contributed by atoms with Crippen molar-refractivity contribution in [2.24, 2.45) is 0 Å². The Balaban J connectivity index is 1.24. The second kappa shape index (κ2) is 8.49. The Labute approximate surface area is 176 Å². The lowest BCUT2D eigenvalue weighted by atomic mass is 10.0. The van der Waals surface area contributed by atoms with Gasteiger partial charge in [0.05, 0.1) is 19.8 Å². The van der Waals surface area contributed by atoms with Gasteiger partial charge in [-0.3, -0.25) is 14.6 Å². The summed E-state index contributed by atoms with van der Waals surface area (Å²) in [5, 5.41) is 1.06. The maximum Gasteiger partial charge on any atom is 0.336 e. The van der Waals surface area contributed by atoms with Gasteiger partial charge in [-0.05, 0) is 48.1 Å². The van der Waals surface area contributed by atoms with E-state index < -0.39 is 0 Å². The van der Waals surface area contributed by atoms with Gasteiger partial charge in [0.2, 0.25) is 5.91 Å². The summed E-state index contributed by atoms with van der Waals surface area (Å²) >= 11 is 0. The van der Waals surface area contributed by atoms with Crippen LogP contribution in [-0.4, -0.2) is 79.6 Å². The third-order valence-electron chi connectivity index (χ3n) is 6.62. The second-order valence-corrected chi connectivity index (χ2v) is 8.61. The summed E-state index contributed by atoms with van der Waals surface area (Å²) in [5.41, 5.74) is 4.16. The number of carbonyl (C=O) groups is 1. The topological polar surface area (TPSA) is 66.2 Å². The Hall–Kier alpha value is -2.22. The average molecular weight is 412 g/mol. The van der Waals surface area contributed by atoms with Crippen molar-refractivity contribution in [3.8, 4) is 0 Å². The fourth-order valence-corrected chi connectivity index (χ4v) is 4.87. The molecule has 0 saturated carbocycles. The van der Waals surface area contributed by atoms with Crippen LogP contribution < -0.4 is 5.63 Å². The monoisotopic (exact) mass is 411 g/mol. The van der Waals surface area contributed by atoms with Crippen LogP contribution in [0.25, 0.3) is 11.0 Å². The largest absolute Gasteiger partial charge is 0.423 e. The van der Waals surface area contributed by atoms with E-state index in [1.807, 2.05) is 4.90 Å². The molecule has 0 spiro atoms. The van der Waals surface area contributed by atoms with Crippen LogP contribution in [0.2, 0.25) is 0 Å². The zero-order valence-electron chi connectivity index (χ0n) is 17.4. The molecule has 0 bridgehead atoms. The fraction of sp³-hybridized carbons (Fsp3) is 0.565. The first-order chi connectivity index (χ1) is 14.7. The molecular weight excluding hydrogens is 382 g/mol. The number of amides is 1. The number of aryl methyl sites for hydroxylation is 2. The highest BCUT2D eigenvalue weighted by Gasteiger charge is 2.24. The third kappa shape index (κ3) is 4.15. The first-order valence-electron chi connectivity index (χ1n) is 11.0. The van der Waals surface area contributed by atoms with Crippen LogP contribution >= 0.6 is 0 Å². The summed E-state index contributed by atoms with van der Waals surface area (Å²) in [6.45, 7) is 7.40. The van der Waals surface area contributed by atoms with Crippen molar-refractivity contribution in [3.63, 3.8) is 0 Å². The first-order valence-corrected chi connectivity index (χ1v) is 11.0. The van der Waals surface area contributed by atoms with E-state index in [1.54, 1.807) is 6.07 Å². The molecule has 0 atom stereocenters. The second-order valence-electron chi connectivity index (χ2n) is 8.61. The van der Waals surface area contributed by atoms with E-state index in [0.29, 0.717) is 31.9 Å². The number of rotatable bonds is 4. The molecule has 0 N–H and O–H groups in total. The highest BCUT2D eigenvalue weighted by Crippen LogP contribution is 2.29. The molecule has 30 heavy (non-hydrogen) atoms. The van der Waals surface area contributed by atoms with E-state index in [4.69, 9.17) is 9.15 Å².